The van der Waals surface area contributed by atoms with Gasteiger partial charge in [-0.3, -0.25) is 4.79 Å². The van der Waals surface area contributed by atoms with Crippen LogP contribution in [0, 0.1) is 13.8 Å². The maximum atomic E-state index is 13.3. The van der Waals surface area contributed by atoms with Gasteiger partial charge in [0.05, 0.1) is 27.2 Å². The van der Waals surface area contributed by atoms with Crippen molar-refractivity contribution in [3.05, 3.63) is 71.4 Å². The van der Waals surface area contributed by atoms with Crippen LogP contribution < -0.4 is 5.32 Å². The molecule has 0 bridgehead atoms. The largest absolute Gasteiger partial charge is 0.335 e. The fraction of sp³-hybridized carbons (Fsp3) is 0.174. The summed E-state index contributed by atoms with van der Waals surface area (Å²) < 4.78 is 31.5. The summed E-state index contributed by atoms with van der Waals surface area (Å²) in [7, 11) is -0.726. The van der Waals surface area contributed by atoms with Crippen LogP contribution in [0.25, 0.3) is 22.4 Å². The first-order valence-electron chi connectivity index (χ1n) is 9.85. The van der Waals surface area contributed by atoms with Crippen LogP contribution in [-0.2, 0) is 10.0 Å². The highest BCUT2D eigenvalue weighted by Crippen LogP contribution is 2.29. The Balaban J connectivity index is 1.79. The molecule has 0 atom stereocenters. The summed E-state index contributed by atoms with van der Waals surface area (Å²) in [5.74, 6) is -0.414. The topological polar surface area (TPSA) is 105 Å². The minimum Gasteiger partial charge on any atom is -0.335 e. The summed E-state index contributed by atoms with van der Waals surface area (Å²) in [6.45, 7) is 3.53. The number of anilines is 1. The van der Waals surface area contributed by atoms with Gasteiger partial charge in [-0.05, 0) is 37.6 Å². The number of hydrogen-bond donors (Lipinski definition) is 1. The first kappa shape index (κ1) is 21.7. The smallest absolute Gasteiger partial charge is 0.259 e. The van der Waals surface area contributed by atoms with E-state index in [4.69, 9.17) is 4.52 Å². The van der Waals surface area contributed by atoms with E-state index in [0.29, 0.717) is 28.0 Å². The molecule has 164 valence electrons. The SMILES string of the molecule is Cc1ccc(S(=O)(=O)N(C)C)cc1NC(=O)c1cc(-c2ccccc2)nc2onc(C)c12. The van der Waals surface area contributed by atoms with Gasteiger partial charge in [0.2, 0.25) is 10.0 Å². The minimum absolute atomic E-state index is 0.0920. The monoisotopic (exact) mass is 450 g/mol. The number of nitrogens with zero attached hydrogens (tertiary/aromatic N) is 3. The Hall–Kier alpha value is -3.56. The van der Waals surface area contributed by atoms with E-state index in [1.807, 2.05) is 30.3 Å². The zero-order chi connectivity index (χ0) is 23.0. The van der Waals surface area contributed by atoms with Gasteiger partial charge in [0.25, 0.3) is 11.6 Å². The highest BCUT2D eigenvalue weighted by Gasteiger charge is 2.22. The molecule has 0 fully saturated rings. The van der Waals surface area contributed by atoms with Crippen molar-refractivity contribution in [3.8, 4) is 11.3 Å². The number of pyridine rings is 1. The molecule has 4 aromatic rings. The van der Waals surface area contributed by atoms with E-state index in [-0.39, 0.29) is 10.6 Å². The number of hydrogen-bond acceptors (Lipinski definition) is 6. The van der Waals surface area contributed by atoms with Gasteiger partial charge in [0.1, 0.15) is 0 Å². The normalized spacial score (nSPS) is 11.8. The molecule has 0 aliphatic heterocycles. The van der Waals surface area contributed by atoms with E-state index in [9.17, 15) is 13.2 Å². The quantitative estimate of drug-likeness (QED) is 0.493. The summed E-state index contributed by atoms with van der Waals surface area (Å²) in [4.78, 5) is 17.9. The summed E-state index contributed by atoms with van der Waals surface area (Å²) >= 11 is 0. The molecule has 2 heterocycles. The summed E-state index contributed by atoms with van der Waals surface area (Å²) in [5, 5.41) is 7.32. The molecule has 32 heavy (non-hydrogen) atoms. The molecule has 1 N–H and O–H groups in total. The Labute approximate surface area is 185 Å². The van der Waals surface area contributed by atoms with Crippen molar-refractivity contribution in [3.63, 3.8) is 0 Å². The highest BCUT2D eigenvalue weighted by atomic mass is 32.2. The maximum Gasteiger partial charge on any atom is 0.259 e. The van der Waals surface area contributed by atoms with Crippen LogP contribution in [-0.4, -0.2) is 42.9 Å². The average Bonchev–Trinajstić information content (AvgIpc) is 3.15. The number of carbonyl (C=O) groups is 1. The third-order valence-electron chi connectivity index (χ3n) is 5.17. The van der Waals surface area contributed by atoms with Crippen LogP contribution in [0.2, 0.25) is 0 Å². The van der Waals surface area contributed by atoms with Crippen molar-refractivity contribution in [2.75, 3.05) is 19.4 Å². The molecule has 9 heteroatoms. The van der Waals surface area contributed by atoms with Crippen molar-refractivity contribution in [2.24, 2.45) is 0 Å². The van der Waals surface area contributed by atoms with E-state index in [0.717, 1.165) is 15.4 Å². The lowest BCUT2D eigenvalue weighted by Crippen LogP contribution is -2.22. The molecular formula is C23H22N4O4S. The summed E-state index contributed by atoms with van der Waals surface area (Å²) in [6.07, 6.45) is 0. The van der Waals surface area contributed by atoms with Crippen LogP contribution >= 0.6 is 0 Å². The molecule has 0 radical (unpaired) electrons. The van der Waals surface area contributed by atoms with E-state index < -0.39 is 15.9 Å². The second-order valence-electron chi connectivity index (χ2n) is 7.59. The van der Waals surface area contributed by atoms with Crippen molar-refractivity contribution >= 4 is 32.7 Å². The van der Waals surface area contributed by atoms with Gasteiger partial charge in [-0.25, -0.2) is 17.7 Å². The van der Waals surface area contributed by atoms with E-state index in [1.54, 1.807) is 26.0 Å². The van der Waals surface area contributed by atoms with Crippen LogP contribution in [0.15, 0.2) is 64.0 Å². The van der Waals surface area contributed by atoms with Crippen molar-refractivity contribution in [1.82, 2.24) is 14.4 Å². The Bertz CT molecular complexity index is 1430. The van der Waals surface area contributed by atoms with Crippen LogP contribution in [0.4, 0.5) is 5.69 Å². The van der Waals surface area contributed by atoms with Crippen molar-refractivity contribution in [1.29, 1.82) is 0 Å². The Morgan fingerprint density at radius 1 is 1.03 bits per heavy atom. The molecule has 1 amide bonds. The average molecular weight is 451 g/mol. The number of sulfonamides is 1. The third-order valence-corrected chi connectivity index (χ3v) is 6.98. The molecule has 0 spiro atoms. The fourth-order valence-corrected chi connectivity index (χ4v) is 4.26. The molecule has 8 nitrogen and oxygen atoms in total. The first-order valence-corrected chi connectivity index (χ1v) is 11.3. The summed E-state index contributed by atoms with van der Waals surface area (Å²) in [5.41, 5.74) is 3.67. The minimum atomic E-state index is -3.64. The second-order valence-corrected chi connectivity index (χ2v) is 9.74. The Morgan fingerprint density at radius 3 is 2.44 bits per heavy atom. The fourth-order valence-electron chi connectivity index (χ4n) is 3.33. The maximum absolute atomic E-state index is 13.3. The Kier molecular flexibility index (Phi) is 5.53. The number of aryl methyl sites for hydroxylation is 2. The number of nitrogens with one attached hydrogen (secondary N) is 1. The van der Waals surface area contributed by atoms with E-state index in [1.165, 1.54) is 26.2 Å². The zero-order valence-electron chi connectivity index (χ0n) is 18.1. The molecular weight excluding hydrogens is 428 g/mol. The van der Waals surface area contributed by atoms with Crippen LogP contribution in [0.3, 0.4) is 0 Å². The number of carbonyl (C=O) groups excluding carboxylic acids is 1. The molecule has 0 aliphatic carbocycles. The molecule has 0 saturated heterocycles. The van der Waals surface area contributed by atoms with Gasteiger partial charge in [-0.15, -0.1) is 0 Å². The van der Waals surface area contributed by atoms with E-state index >= 15 is 0 Å². The predicted octanol–water partition coefficient (Wildman–Crippen LogP) is 4.01. The number of aromatic nitrogens is 2. The molecule has 4 rings (SSSR count). The molecule has 0 saturated carbocycles. The number of benzene rings is 2. The van der Waals surface area contributed by atoms with Crippen LogP contribution in [0.5, 0.6) is 0 Å². The lowest BCUT2D eigenvalue weighted by atomic mass is 10.0. The summed E-state index contributed by atoms with van der Waals surface area (Å²) in [6, 6.07) is 15.8. The standard InChI is InChI=1S/C23H22N4O4S/c1-14-10-11-17(32(29,30)27(3)4)12-19(14)24-22(28)18-13-20(16-8-6-5-7-9-16)25-23-21(18)15(2)26-31-23/h5-13H,1-4H3,(H,24,28). The lowest BCUT2D eigenvalue weighted by Gasteiger charge is -2.15. The van der Waals surface area contributed by atoms with Gasteiger partial charge >= 0.3 is 0 Å². The van der Waals surface area contributed by atoms with Crippen LogP contribution in [0.1, 0.15) is 21.6 Å². The third kappa shape index (κ3) is 3.88. The van der Waals surface area contributed by atoms with E-state index in [2.05, 4.69) is 15.5 Å². The zero-order valence-corrected chi connectivity index (χ0v) is 18.9. The highest BCUT2D eigenvalue weighted by molar-refractivity contribution is 7.89. The van der Waals surface area contributed by atoms with Gasteiger partial charge < -0.3 is 9.84 Å². The molecule has 0 unspecified atom stereocenters. The van der Waals surface area contributed by atoms with Gasteiger partial charge in [0.15, 0.2) is 0 Å². The number of fused-ring (bicyclic) bond motifs is 1. The van der Waals surface area contributed by atoms with Gasteiger partial charge in [-0.2, -0.15) is 0 Å². The predicted molar refractivity (Wildman–Crippen MR) is 122 cm³/mol. The number of amides is 1. The number of rotatable bonds is 5. The molecule has 2 aromatic heterocycles. The van der Waals surface area contributed by atoms with Crippen molar-refractivity contribution in [2.45, 2.75) is 18.7 Å². The lowest BCUT2D eigenvalue weighted by molar-refractivity contribution is 0.102. The van der Waals surface area contributed by atoms with Gasteiger partial charge in [0, 0.05) is 25.3 Å². The van der Waals surface area contributed by atoms with Crippen molar-refractivity contribution < 1.29 is 17.7 Å². The second kappa shape index (κ2) is 8.18. The Morgan fingerprint density at radius 2 is 1.75 bits per heavy atom. The molecule has 2 aromatic carbocycles. The van der Waals surface area contributed by atoms with Gasteiger partial charge in [-0.1, -0.05) is 41.6 Å². The molecule has 0 aliphatic rings. The first-order chi connectivity index (χ1) is 15.2.